The van der Waals surface area contributed by atoms with Crippen molar-refractivity contribution in [3.63, 3.8) is 0 Å². The maximum absolute atomic E-state index is 14.3. The second-order valence-electron chi connectivity index (χ2n) is 12.6. The van der Waals surface area contributed by atoms with E-state index in [4.69, 9.17) is 14.7 Å². The number of nitrogens with zero attached hydrogens (tertiary/aromatic N) is 7. The number of aromatic nitrogens is 2. The molecule has 3 aliphatic heterocycles. The third kappa shape index (κ3) is 6.92. The zero-order valence-electron chi connectivity index (χ0n) is 25.8. The lowest BCUT2D eigenvalue weighted by Crippen LogP contribution is -2.55. The van der Waals surface area contributed by atoms with Crippen molar-refractivity contribution in [2.75, 3.05) is 55.7 Å². The molecule has 46 heavy (non-hydrogen) atoms. The number of amides is 1. The summed E-state index contributed by atoms with van der Waals surface area (Å²) in [6.45, 7) is 5.09. The van der Waals surface area contributed by atoms with Crippen LogP contribution in [0, 0.1) is 17.1 Å². The fourth-order valence-electron chi connectivity index (χ4n) is 7.53. The Labute approximate surface area is 266 Å². The van der Waals surface area contributed by atoms with Crippen molar-refractivity contribution < 1.29 is 27.1 Å². The van der Waals surface area contributed by atoms with Gasteiger partial charge in [-0.15, -0.1) is 0 Å². The van der Waals surface area contributed by atoms with Crippen LogP contribution in [0.25, 0.3) is 0 Å². The monoisotopic (exact) mass is 641 g/mol. The van der Waals surface area contributed by atoms with Crippen molar-refractivity contribution in [1.29, 1.82) is 5.26 Å². The number of hydrogen-bond acceptors (Lipinski definition) is 8. The average Bonchev–Trinajstić information content (AvgIpc) is 3.47. The molecule has 0 bridgehead atoms. The summed E-state index contributed by atoms with van der Waals surface area (Å²) >= 11 is 0. The van der Waals surface area contributed by atoms with Gasteiger partial charge in [-0.25, -0.2) is 4.39 Å². The molecule has 0 saturated carbocycles. The van der Waals surface area contributed by atoms with Gasteiger partial charge in [0.25, 0.3) is 0 Å². The quantitative estimate of drug-likeness (QED) is 0.309. The minimum absolute atomic E-state index is 0.0369. The normalized spacial score (nSPS) is 23.5. The van der Waals surface area contributed by atoms with Gasteiger partial charge < -0.3 is 19.4 Å². The molecule has 3 atom stereocenters. The summed E-state index contributed by atoms with van der Waals surface area (Å²) in [5, 5.41) is 9.51. The van der Waals surface area contributed by atoms with E-state index >= 15 is 0 Å². The molecule has 2 aromatic rings. The maximum atomic E-state index is 14.3. The SMILES string of the molecule is C=CC(=O)N1CCN(c2nc(OC[C@@H]3CCCN3CC(F)(F)F)nc3c2CC[C@@H](N2CCCc4ccc(F)cc42)C3)C[C@@H]1CC#N. The van der Waals surface area contributed by atoms with Crippen LogP contribution in [-0.4, -0.2) is 95.9 Å². The number of hydrogen-bond donors (Lipinski definition) is 0. The number of benzene rings is 1. The van der Waals surface area contributed by atoms with E-state index in [-0.39, 0.29) is 42.8 Å². The van der Waals surface area contributed by atoms with E-state index in [9.17, 15) is 27.6 Å². The van der Waals surface area contributed by atoms with E-state index in [1.165, 1.54) is 17.0 Å². The summed E-state index contributed by atoms with van der Waals surface area (Å²) in [5.41, 5.74) is 3.82. The van der Waals surface area contributed by atoms with Gasteiger partial charge in [0.05, 0.1) is 30.8 Å². The van der Waals surface area contributed by atoms with Crippen LogP contribution in [0.3, 0.4) is 0 Å². The second kappa shape index (κ2) is 13.4. The first-order chi connectivity index (χ1) is 22.1. The zero-order chi connectivity index (χ0) is 32.4. The number of anilines is 2. The molecule has 0 N–H and O–H groups in total. The number of likely N-dealkylation sites (tertiary alicyclic amines) is 1. The number of rotatable bonds is 8. The lowest BCUT2D eigenvalue weighted by Gasteiger charge is -2.43. The molecule has 246 valence electrons. The van der Waals surface area contributed by atoms with Gasteiger partial charge in [0.15, 0.2) is 0 Å². The van der Waals surface area contributed by atoms with Crippen LogP contribution < -0.4 is 14.5 Å². The molecular weight excluding hydrogens is 602 g/mol. The van der Waals surface area contributed by atoms with Crippen molar-refractivity contribution in [3.05, 3.63) is 53.5 Å². The van der Waals surface area contributed by atoms with E-state index in [0.717, 1.165) is 48.3 Å². The highest BCUT2D eigenvalue weighted by Crippen LogP contribution is 2.37. The maximum Gasteiger partial charge on any atom is 0.401 e. The molecule has 2 saturated heterocycles. The van der Waals surface area contributed by atoms with Crippen molar-refractivity contribution >= 4 is 17.4 Å². The van der Waals surface area contributed by atoms with Gasteiger partial charge in [-0.1, -0.05) is 12.6 Å². The third-order valence-corrected chi connectivity index (χ3v) is 9.70. The Morgan fingerprint density at radius 1 is 1.11 bits per heavy atom. The number of ether oxygens (including phenoxy) is 1. The Hall–Kier alpha value is -3.92. The highest BCUT2D eigenvalue weighted by Gasteiger charge is 2.38. The Morgan fingerprint density at radius 2 is 1.96 bits per heavy atom. The molecule has 4 aliphatic rings. The van der Waals surface area contributed by atoms with Gasteiger partial charge in [-0.05, 0) is 68.8 Å². The molecule has 13 heteroatoms. The summed E-state index contributed by atoms with van der Waals surface area (Å²) in [6.07, 6.45) is 2.30. The highest BCUT2D eigenvalue weighted by molar-refractivity contribution is 5.87. The molecule has 1 aromatic heterocycles. The van der Waals surface area contributed by atoms with Crippen LogP contribution in [0.1, 0.15) is 48.9 Å². The summed E-state index contributed by atoms with van der Waals surface area (Å²) in [6, 6.07) is 6.60. The first-order valence-corrected chi connectivity index (χ1v) is 16.1. The Bertz CT molecular complexity index is 1500. The number of halogens is 4. The van der Waals surface area contributed by atoms with Gasteiger partial charge in [0, 0.05) is 55.9 Å². The zero-order valence-corrected chi connectivity index (χ0v) is 25.8. The van der Waals surface area contributed by atoms with Crippen LogP contribution in [-0.2, 0) is 24.1 Å². The van der Waals surface area contributed by atoms with Crippen molar-refractivity contribution in [1.82, 2.24) is 19.8 Å². The molecule has 1 aliphatic carbocycles. The van der Waals surface area contributed by atoms with Crippen molar-refractivity contribution in [2.24, 2.45) is 0 Å². The van der Waals surface area contributed by atoms with Crippen LogP contribution in [0.15, 0.2) is 30.9 Å². The van der Waals surface area contributed by atoms with Gasteiger partial charge in [0.1, 0.15) is 18.2 Å². The smallest absolute Gasteiger partial charge is 0.401 e. The summed E-state index contributed by atoms with van der Waals surface area (Å²) < 4.78 is 60.0. The Morgan fingerprint density at radius 3 is 2.74 bits per heavy atom. The number of aryl methyl sites for hydroxylation is 1. The van der Waals surface area contributed by atoms with E-state index in [1.807, 2.05) is 6.07 Å². The van der Waals surface area contributed by atoms with Gasteiger partial charge in [-0.2, -0.15) is 28.4 Å². The minimum Gasteiger partial charge on any atom is -0.462 e. The molecule has 6 rings (SSSR count). The average molecular weight is 642 g/mol. The molecule has 0 spiro atoms. The predicted molar refractivity (Wildman–Crippen MR) is 164 cm³/mol. The van der Waals surface area contributed by atoms with Crippen molar-refractivity contribution in [2.45, 2.75) is 75.7 Å². The number of carbonyl (C=O) groups is 1. The summed E-state index contributed by atoms with van der Waals surface area (Å²) in [7, 11) is 0. The summed E-state index contributed by atoms with van der Waals surface area (Å²) in [5.74, 6) is 0.181. The molecule has 2 fully saturated rings. The number of alkyl halides is 3. The molecule has 0 radical (unpaired) electrons. The van der Waals surface area contributed by atoms with Gasteiger partial charge in [-0.3, -0.25) is 9.69 Å². The fraction of sp³-hybridized carbons (Fsp3) is 0.576. The number of fused-ring (bicyclic) bond motifs is 2. The molecular formula is C33H39F4N7O2. The first kappa shape index (κ1) is 32.0. The van der Waals surface area contributed by atoms with E-state index in [0.29, 0.717) is 57.7 Å². The highest BCUT2D eigenvalue weighted by atomic mass is 19.4. The van der Waals surface area contributed by atoms with Gasteiger partial charge >= 0.3 is 12.2 Å². The standard InChI is InChI=1S/C33H39F4N7O2/c1-2-30(45)44-16-15-41(19-25(44)11-12-38)31-27-10-9-24(43-14-3-5-22-7-8-23(34)17-29(22)43)18-28(27)39-32(40-31)46-20-26-6-4-13-42(26)21-33(35,36)37/h2,7-8,17,24-26H,1,3-6,9-11,13-16,18-21H2/t24-,25+,26+/m1/s1. The molecule has 1 aromatic carbocycles. The van der Waals surface area contributed by atoms with Crippen molar-refractivity contribution in [3.8, 4) is 12.1 Å². The van der Waals surface area contributed by atoms with Gasteiger partial charge in [0.2, 0.25) is 5.91 Å². The van der Waals surface area contributed by atoms with E-state index < -0.39 is 18.8 Å². The minimum atomic E-state index is -4.29. The van der Waals surface area contributed by atoms with Crippen LogP contribution in [0.5, 0.6) is 6.01 Å². The third-order valence-electron chi connectivity index (χ3n) is 9.70. The fourth-order valence-corrected chi connectivity index (χ4v) is 7.53. The van der Waals surface area contributed by atoms with E-state index in [1.54, 1.807) is 11.0 Å². The largest absolute Gasteiger partial charge is 0.462 e. The lowest BCUT2D eigenvalue weighted by atomic mass is 9.88. The number of nitriles is 1. The number of piperazine rings is 1. The second-order valence-corrected chi connectivity index (χ2v) is 12.6. The predicted octanol–water partition coefficient (Wildman–Crippen LogP) is 4.45. The molecule has 1 amide bonds. The van der Waals surface area contributed by atoms with Crippen LogP contribution in [0.4, 0.5) is 29.1 Å². The Balaban J connectivity index is 1.29. The topological polar surface area (TPSA) is 88.8 Å². The number of carbonyl (C=O) groups excluding carboxylic acids is 1. The lowest BCUT2D eigenvalue weighted by molar-refractivity contribution is -0.148. The first-order valence-electron chi connectivity index (χ1n) is 16.1. The molecule has 9 nitrogen and oxygen atoms in total. The van der Waals surface area contributed by atoms with Crippen LogP contribution >= 0.6 is 0 Å². The van der Waals surface area contributed by atoms with E-state index in [2.05, 4.69) is 22.4 Å². The Kier molecular flexibility index (Phi) is 9.36. The molecule has 4 heterocycles. The summed E-state index contributed by atoms with van der Waals surface area (Å²) in [4.78, 5) is 29.6. The van der Waals surface area contributed by atoms with Crippen LogP contribution in [0.2, 0.25) is 0 Å². The molecule has 0 unspecified atom stereocenters.